The van der Waals surface area contributed by atoms with E-state index in [9.17, 15) is 8.42 Å². The summed E-state index contributed by atoms with van der Waals surface area (Å²) < 4.78 is 24.1. The second kappa shape index (κ2) is 6.97. The minimum atomic E-state index is -2.80. The number of hydrogen-bond donors (Lipinski definition) is 1. The SMILES string of the molecule is O=S1(=O)CCCC1CN1CCCNC(C2CCCCC2)C1. The van der Waals surface area contributed by atoms with Crippen LogP contribution >= 0.6 is 0 Å². The molecule has 2 aliphatic heterocycles. The minimum Gasteiger partial charge on any atom is -0.312 e. The first-order valence-electron chi connectivity index (χ1n) is 8.82. The highest BCUT2D eigenvalue weighted by atomic mass is 32.2. The van der Waals surface area contributed by atoms with E-state index in [4.69, 9.17) is 0 Å². The Bertz CT molecular complexity index is 432. The zero-order valence-corrected chi connectivity index (χ0v) is 13.9. The summed E-state index contributed by atoms with van der Waals surface area (Å²) in [7, 11) is -2.80. The molecule has 1 saturated carbocycles. The topological polar surface area (TPSA) is 49.4 Å². The zero-order valence-electron chi connectivity index (χ0n) is 13.1. The number of nitrogens with one attached hydrogen (secondary N) is 1. The molecule has 2 saturated heterocycles. The maximum atomic E-state index is 12.1. The lowest BCUT2D eigenvalue weighted by Gasteiger charge is -2.33. The molecule has 5 heteroatoms. The molecule has 122 valence electrons. The molecular weight excluding hydrogens is 284 g/mol. The molecule has 1 aliphatic carbocycles. The minimum absolute atomic E-state index is 0.0948. The molecule has 0 spiro atoms. The van der Waals surface area contributed by atoms with Gasteiger partial charge in [-0.1, -0.05) is 19.3 Å². The predicted molar refractivity (Wildman–Crippen MR) is 86.2 cm³/mol. The standard InChI is InChI=1S/C16H30N2O2S/c19-21(20)11-4-8-15(21)12-18-10-5-9-17-16(13-18)14-6-2-1-3-7-14/h14-17H,1-13H2. The summed E-state index contributed by atoms with van der Waals surface area (Å²) in [5.41, 5.74) is 0. The first kappa shape index (κ1) is 15.8. The Morgan fingerprint density at radius 1 is 1.00 bits per heavy atom. The van der Waals surface area contributed by atoms with Gasteiger partial charge in [0.15, 0.2) is 9.84 Å². The zero-order chi connectivity index (χ0) is 14.7. The van der Waals surface area contributed by atoms with E-state index in [0.29, 0.717) is 11.8 Å². The van der Waals surface area contributed by atoms with Crippen LogP contribution in [-0.2, 0) is 9.84 Å². The van der Waals surface area contributed by atoms with Crippen LogP contribution in [0.25, 0.3) is 0 Å². The van der Waals surface area contributed by atoms with Crippen LogP contribution < -0.4 is 5.32 Å². The molecule has 0 amide bonds. The lowest BCUT2D eigenvalue weighted by Crippen LogP contribution is -2.45. The average Bonchev–Trinajstić information content (AvgIpc) is 2.69. The van der Waals surface area contributed by atoms with Crippen molar-refractivity contribution >= 4 is 9.84 Å². The summed E-state index contributed by atoms with van der Waals surface area (Å²) in [6, 6.07) is 0.580. The van der Waals surface area contributed by atoms with Gasteiger partial charge < -0.3 is 10.2 Å². The van der Waals surface area contributed by atoms with Gasteiger partial charge >= 0.3 is 0 Å². The summed E-state index contributed by atoms with van der Waals surface area (Å²) in [5, 5.41) is 3.64. The Morgan fingerprint density at radius 3 is 2.52 bits per heavy atom. The van der Waals surface area contributed by atoms with Crippen LogP contribution in [0.15, 0.2) is 0 Å². The average molecular weight is 314 g/mol. The maximum Gasteiger partial charge on any atom is 0.154 e. The van der Waals surface area contributed by atoms with Gasteiger partial charge in [0, 0.05) is 19.1 Å². The lowest BCUT2D eigenvalue weighted by molar-refractivity contribution is 0.205. The first-order valence-corrected chi connectivity index (χ1v) is 10.5. The summed E-state index contributed by atoms with van der Waals surface area (Å²) in [5.74, 6) is 1.22. The highest BCUT2D eigenvalue weighted by Gasteiger charge is 2.34. The van der Waals surface area contributed by atoms with Gasteiger partial charge in [0.2, 0.25) is 0 Å². The molecule has 0 aromatic carbocycles. The Kier molecular flexibility index (Phi) is 5.23. The van der Waals surface area contributed by atoms with Gasteiger partial charge in [-0.2, -0.15) is 0 Å². The van der Waals surface area contributed by atoms with E-state index in [-0.39, 0.29) is 5.25 Å². The second-order valence-electron chi connectivity index (χ2n) is 7.20. The molecule has 0 bridgehead atoms. The van der Waals surface area contributed by atoms with E-state index in [1.807, 2.05) is 0 Å². The van der Waals surface area contributed by atoms with Crippen molar-refractivity contribution in [3.8, 4) is 0 Å². The molecule has 2 unspecified atom stereocenters. The van der Waals surface area contributed by atoms with Crippen molar-refractivity contribution in [3.05, 3.63) is 0 Å². The molecule has 1 N–H and O–H groups in total. The summed E-state index contributed by atoms with van der Waals surface area (Å²) in [6.45, 7) is 3.97. The second-order valence-corrected chi connectivity index (χ2v) is 9.60. The van der Waals surface area contributed by atoms with E-state index >= 15 is 0 Å². The van der Waals surface area contributed by atoms with Gasteiger partial charge in [-0.15, -0.1) is 0 Å². The van der Waals surface area contributed by atoms with Crippen molar-refractivity contribution in [1.82, 2.24) is 10.2 Å². The van der Waals surface area contributed by atoms with Crippen molar-refractivity contribution in [2.24, 2.45) is 5.92 Å². The summed E-state index contributed by atoms with van der Waals surface area (Å²) >= 11 is 0. The van der Waals surface area contributed by atoms with Crippen molar-refractivity contribution < 1.29 is 8.42 Å². The molecule has 3 aliphatic rings. The monoisotopic (exact) mass is 314 g/mol. The van der Waals surface area contributed by atoms with Crippen LogP contribution in [0.3, 0.4) is 0 Å². The fraction of sp³-hybridized carbons (Fsp3) is 1.00. The smallest absolute Gasteiger partial charge is 0.154 e. The predicted octanol–water partition coefficient (Wildman–Crippen LogP) is 1.81. The van der Waals surface area contributed by atoms with Crippen LogP contribution in [0.4, 0.5) is 0 Å². The molecule has 0 aromatic heterocycles. The van der Waals surface area contributed by atoms with E-state index in [1.54, 1.807) is 0 Å². The van der Waals surface area contributed by atoms with Gasteiger partial charge in [0.25, 0.3) is 0 Å². The van der Waals surface area contributed by atoms with Crippen molar-refractivity contribution in [1.29, 1.82) is 0 Å². The van der Waals surface area contributed by atoms with E-state index < -0.39 is 9.84 Å². The summed E-state index contributed by atoms with van der Waals surface area (Å²) in [4.78, 5) is 2.44. The van der Waals surface area contributed by atoms with Crippen LogP contribution in [-0.4, -0.2) is 56.5 Å². The van der Waals surface area contributed by atoms with Gasteiger partial charge in [-0.05, 0) is 51.1 Å². The summed E-state index contributed by atoms with van der Waals surface area (Å²) in [6.07, 6.45) is 9.74. The molecule has 3 rings (SSSR count). The number of hydrogen-bond acceptors (Lipinski definition) is 4. The molecule has 2 heterocycles. The quantitative estimate of drug-likeness (QED) is 0.863. The number of rotatable bonds is 3. The Hall–Kier alpha value is -0.130. The molecule has 0 aromatic rings. The first-order chi connectivity index (χ1) is 10.1. The van der Waals surface area contributed by atoms with Gasteiger partial charge in [0.05, 0.1) is 11.0 Å². The molecule has 21 heavy (non-hydrogen) atoms. The highest BCUT2D eigenvalue weighted by molar-refractivity contribution is 7.92. The van der Waals surface area contributed by atoms with Crippen molar-refractivity contribution in [2.45, 2.75) is 62.7 Å². The Morgan fingerprint density at radius 2 is 1.81 bits per heavy atom. The molecule has 3 fully saturated rings. The van der Waals surface area contributed by atoms with E-state index in [1.165, 1.54) is 32.1 Å². The van der Waals surface area contributed by atoms with Crippen LogP contribution in [0.5, 0.6) is 0 Å². The van der Waals surface area contributed by atoms with Crippen molar-refractivity contribution in [2.75, 3.05) is 31.9 Å². The molecular formula is C16H30N2O2S. The fourth-order valence-electron chi connectivity index (χ4n) is 4.39. The number of sulfone groups is 1. The Labute approximate surface area is 129 Å². The molecule has 4 nitrogen and oxygen atoms in total. The number of nitrogens with zero attached hydrogens (tertiary/aromatic N) is 1. The fourth-order valence-corrected chi connectivity index (χ4v) is 6.26. The maximum absolute atomic E-state index is 12.1. The third-order valence-electron chi connectivity index (χ3n) is 5.66. The largest absolute Gasteiger partial charge is 0.312 e. The van der Waals surface area contributed by atoms with E-state index in [2.05, 4.69) is 10.2 Å². The lowest BCUT2D eigenvalue weighted by atomic mass is 9.83. The highest BCUT2D eigenvalue weighted by Crippen LogP contribution is 2.28. The Balaban J connectivity index is 1.59. The third-order valence-corrected chi connectivity index (χ3v) is 7.91. The van der Waals surface area contributed by atoms with E-state index in [0.717, 1.165) is 51.4 Å². The van der Waals surface area contributed by atoms with Gasteiger partial charge in [0.1, 0.15) is 0 Å². The van der Waals surface area contributed by atoms with Gasteiger partial charge in [-0.25, -0.2) is 8.42 Å². The normalized spacial score (nSPS) is 35.6. The van der Waals surface area contributed by atoms with Gasteiger partial charge in [-0.3, -0.25) is 0 Å². The van der Waals surface area contributed by atoms with Crippen LogP contribution in [0.1, 0.15) is 51.4 Å². The third kappa shape index (κ3) is 3.99. The van der Waals surface area contributed by atoms with Crippen LogP contribution in [0, 0.1) is 5.92 Å². The van der Waals surface area contributed by atoms with Crippen molar-refractivity contribution in [3.63, 3.8) is 0 Å². The molecule has 2 atom stereocenters. The van der Waals surface area contributed by atoms with Crippen LogP contribution in [0.2, 0.25) is 0 Å². The molecule has 0 radical (unpaired) electrons.